The summed E-state index contributed by atoms with van der Waals surface area (Å²) in [5, 5.41) is 18.7. The molecule has 0 amide bonds. The minimum absolute atomic E-state index is 0.665. The molecule has 0 aromatic carbocycles. The predicted molar refractivity (Wildman–Crippen MR) is 59.7 cm³/mol. The summed E-state index contributed by atoms with van der Waals surface area (Å²) in [7, 11) is 0. The van der Waals surface area contributed by atoms with Crippen molar-refractivity contribution in [1.82, 2.24) is 9.38 Å². The molecule has 1 fully saturated rings. The van der Waals surface area contributed by atoms with Crippen LogP contribution in [0, 0.1) is 0 Å². The number of aliphatic hydroxyl groups is 1. The second kappa shape index (κ2) is 3.30. The highest BCUT2D eigenvalue weighted by Crippen LogP contribution is 2.50. The molecule has 1 atom stereocenters. The zero-order chi connectivity index (χ0) is 12.0. The van der Waals surface area contributed by atoms with Crippen molar-refractivity contribution in [2.45, 2.75) is 24.4 Å². The summed E-state index contributed by atoms with van der Waals surface area (Å²) >= 11 is 0. The van der Waals surface area contributed by atoms with Gasteiger partial charge in [-0.3, -0.25) is 0 Å². The van der Waals surface area contributed by atoms with Crippen molar-refractivity contribution in [2.75, 3.05) is 0 Å². The Kier molecular flexibility index (Phi) is 2.00. The van der Waals surface area contributed by atoms with Gasteiger partial charge in [-0.15, -0.1) is 0 Å². The molecule has 2 aromatic heterocycles. The van der Waals surface area contributed by atoms with Gasteiger partial charge in [-0.05, 0) is 25.0 Å². The topological polar surface area (TPSA) is 74.8 Å². The van der Waals surface area contributed by atoms with Crippen LogP contribution in [0.1, 0.15) is 18.5 Å². The van der Waals surface area contributed by atoms with Crippen LogP contribution in [0.3, 0.4) is 0 Å². The van der Waals surface area contributed by atoms with Gasteiger partial charge >= 0.3 is 5.97 Å². The van der Waals surface area contributed by atoms with E-state index in [0.717, 1.165) is 5.65 Å². The van der Waals surface area contributed by atoms with Gasteiger partial charge in [0.05, 0.1) is 11.1 Å². The number of hydrogen-bond acceptors (Lipinski definition) is 3. The van der Waals surface area contributed by atoms with E-state index in [0.29, 0.717) is 18.5 Å². The molecule has 1 saturated carbocycles. The molecule has 0 radical (unpaired) electrons. The van der Waals surface area contributed by atoms with Crippen molar-refractivity contribution < 1.29 is 15.0 Å². The van der Waals surface area contributed by atoms with Crippen LogP contribution in [0.25, 0.3) is 5.65 Å². The molecule has 1 unspecified atom stereocenters. The summed E-state index contributed by atoms with van der Waals surface area (Å²) in [4.78, 5) is 15.3. The number of pyridine rings is 1. The Labute approximate surface area is 97.3 Å². The van der Waals surface area contributed by atoms with E-state index in [-0.39, 0.29) is 0 Å². The number of nitrogens with zero attached hydrogens (tertiary/aromatic N) is 2. The highest BCUT2D eigenvalue weighted by atomic mass is 16.4. The molecular weight excluding hydrogens is 220 g/mol. The summed E-state index contributed by atoms with van der Waals surface area (Å²) in [6.45, 7) is 0. The number of carbonyl (C=O) groups is 1. The number of aliphatic carboxylic acids is 1. The SMILES string of the molecule is O=C(O)C(O)C1(c2cn3ccccc3n2)CC1. The van der Waals surface area contributed by atoms with Crippen molar-refractivity contribution in [3.8, 4) is 0 Å². The second-order valence-corrected chi connectivity index (χ2v) is 4.49. The first-order valence-corrected chi connectivity index (χ1v) is 5.48. The van der Waals surface area contributed by atoms with Gasteiger partial charge < -0.3 is 14.6 Å². The van der Waals surface area contributed by atoms with Crippen LogP contribution in [0.4, 0.5) is 0 Å². The molecule has 88 valence electrons. The predicted octanol–water partition coefficient (Wildman–Crippen LogP) is 0.811. The van der Waals surface area contributed by atoms with Crippen LogP contribution in [0.5, 0.6) is 0 Å². The van der Waals surface area contributed by atoms with Crippen LogP contribution in [0.15, 0.2) is 30.6 Å². The molecule has 2 heterocycles. The quantitative estimate of drug-likeness (QED) is 0.821. The molecular formula is C12H12N2O3. The standard InChI is InChI=1S/C12H12N2O3/c15-10(11(16)17)12(4-5-12)8-7-14-6-2-1-3-9(14)13-8/h1-3,6-7,10,15H,4-5H2,(H,16,17). The lowest BCUT2D eigenvalue weighted by atomic mass is 9.96. The van der Waals surface area contributed by atoms with Crippen LogP contribution in [-0.4, -0.2) is 31.7 Å². The Morgan fingerprint density at radius 2 is 2.24 bits per heavy atom. The molecule has 1 aliphatic rings. The first kappa shape index (κ1) is 10.3. The van der Waals surface area contributed by atoms with Crippen LogP contribution in [0.2, 0.25) is 0 Å². The fourth-order valence-electron chi connectivity index (χ4n) is 2.22. The number of fused-ring (bicyclic) bond motifs is 1. The van der Waals surface area contributed by atoms with E-state index in [4.69, 9.17) is 5.11 Å². The molecule has 0 saturated heterocycles. The third kappa shape index (κ3) is 1.43. The van der Waals surface area contributed by atoms with Crippen LogP contribution < -0.4 is 0 Å². The summed E-state index contributed by atoms with van der Waals surface area (Å²) in [6.07, 6.45) is 3.63. The number of aliphatic hydroxyl groups excluding tert-OH is 1. The maximum atomic E-state index is 10.9. The molecule has 17 heavy (non-hydrogen) atoms. The molecule has 0 spiro atoms. The third-order valence-electron chi connectivity index (χ3n) is 3.42. The van der Waals surface area contributed by atoms with Crippen LogP contribution >= 0.6 is 0 Å². The van der Waals surface area contributed by atoms with Gasteiger partial charge in [0.15, 0.2) is 6.10 Å². The largest absolute Gasteiger partial charge is 0.479 e. The van der Waals surface area contributed by atoms with Gasteiger partial charge in [-0.2, -0.15) is 0 Å². The van der Waals surface area contributed by atoms with Crippen LogP contribution in [-0.2, 0) is 10.2 Å². The summed E-state index contributed by atoms with van der Waals surface area (Å²) < 4.78 is 1.84. The minimum Gasteiger partial charge on any atom is -0.479 e. The number of aromatic nitrogens is 2. The number of carboxylic acid groups (broad SMARTS) is 1. The Hall–Kier alpha value is -1.88. The lowest BCUT2D eigenvalue weighted by molar-refractivity contribution is -0.148. The number of imidazole rings is 1. The molecule has 3 rings (SSSR count). The Morgan fingerprint density at radius 3 is 2.82 bits per heavy atom. The average molecular weight is 232 g/mol. The van der Waals surface area contributed by atoms with E-state index in [2.05, 4.69) is 4.98 Å². The van der Waals surface area contributed by atoms with Crippen molar-refractivity contribution >= 4 is 11.6 Å². The van der Waals surface area contributed by atoms with E-state index in [1.807, 2.05) is 28.8 Å². The highest BCUT2D eigenvalue weighted by Gasteiger charge is 2.55. The van der Waals surface area contributed by atoms with E-state index < -0.39 is 17.5 Å². The Balaban J connectivity index is 2.06. The van der Waals surface area contributed by atoms with Crippen molar-refractivity contribution in [1.29, 1.82) is 0 Å². The first-order chi connectivity index (χ1) is 8.13. The van der Waals surface area contributed by atoms with Crippen molar-refractivity contribution in [3.05, 3.63) is 36.3 Å². The van der Waals surface area contributed by atoms with E-state index >= 15 is 0 Å². The Bertz CT molecular complexity index is 553. The smallest absolute Gasteiger partial charge is 0.333 e. The summed E-state index contributed by atoms with van der Waals surface area (Å²) in [6, 6.07) is 5.61. The Morgan fingerprint density at radius 1 is 1.47 bits per heavy atom. The average Bonchev–Trinajstić information content (AvgIpc) is 3.01. The zero-order valence-electron chi connectivity index (χ0n) is 9.08. The molecule has 0 bridgehead atoms. The second-order valence-electron chi connectivity index (χ2n) is 4.49. The first-order valence-electron chi connectivity index (χ1n) is 5.48. The highest BCUT2D eigenvalue weighted by molar-refractivity contribution is 5.75. The van der Waals surface area contributed by atoms with Crippen molar-refractivity contribution in [3.63, 3.8) is 0 Å². The molecule has 1 aliphatic carbocycles. The monoisotopic (exact) mass is 232 g/mol. The van der Waals surface area contributed by atoms with E-state index in [1.54, 1.807) is 6.20 Å². The maximum Gasteiger partial charge on any atom is 0.333 e. The van der Waals surface area contributed by atoms with Gasteiger partial charge in [-0.25, -0.2) is 9.78 Å². The number of rotatable bonds is 3. The maximum absolute atomic E-state index is 10.9. The molecule has 5 nitrogen and oxygen atoms in total. The van der Waals surface area contributed by atoms with Gasteiger partial charge in [0.1, 0.15) is 5.65 Å². The summed E-state index contributed by atoms with van der Waals surface area (Å²) in [5.41, 5.74) is 0.752. The molecule has 0 aliphatic heterocycles. The minimum atomic E-state index is -1.37. The van der Waals surface area contributed by atoms with Gasteiger partial charge in [0.2, 0.25) is 0 Å². The molecule has 2 aromatic rings. The normalized spacial score (nSPS) is 19.1. The zero-order valence-corrected chi connectivity index (χ0v) is 9.08. The fourth-order valence-corrected chi connectivity index (χ4v) is 2.22. The van der Waals surface area contributed by atoms with Gasteiger partial charge in [-0.1, -0.05) is 6.07 Å². The van der Waals surface area contributed by atoms with Crippen molar-refractivity contribution in [2.24, 2.45) is 0 Å². The van der Waals surface area contributed by atoms with E-state index in [1.165, 1.54) is 0 Å². The summed E-state index contributed by atoms with van der Waals surface area (Å²) in [5.74, 6) is -1.18. The lowest BCUT2D eigenvalue weighted by Gasteiger charge is -2.15. The van der Waals surface area contributed by atoms with Gasteiger partial charge in [0, 0.05) is 12.4 Å². The number of hydrogen-bond donors (Lipinski definition) is 2. The molecule has 5 heteroatoms. The van der Waals surface area contributed by atoms with E-state index in [9.17, 15) is 9.90 Å². The lowest BCUT2D eigenvalue weighted by Crippen LogP contribution is -2.34. The third-order valence-corrected chi connectivity index (χ3v) is 3.42. The fraction of sp³-hybridized carbons (Fsp3) is 0.333. The molecule has 2 N–H and O–H groups in total. The van der Waals surface area contributed by atoms with Gasteiger partial charge in [0.25, 0.3) is 0 Å². The number of carboxylic acids is 1.